The zero-order valence-electron chi connectivity index (χ0n) is 13.4. The highest BCUT2D eigenvalue weighted by Gasteiger charge is 2.11. The fraction of sp³-hybridized carbons (Fsp3) is 0.100. The van der Waals surface area contributed by atoms with E-state index in [2.05, 4.69) is 81.4 Å². The summed E-state index contributed by atoms with van der Waals surface area (Å²) in [6, 6.07) is 13.2. The molecule has 0 aliphatic heterocycles. The van der Waals surface area contributed by atoms with Crippen LogP contribution in [0.1, 0.15) is 18.1 Å². The maximum atomic E-state index is 3.76. The summed E-state index contributed by atoms with van der Waals surface area (Å²) in [6.07, 6.45) is 8.06. The second-order valence-corrected chi connectivity index (χ2v) is 5.60. The van der Waals surface area contributed by atoms with Gasteiger partial charge in [-0.15, -0.1) is 0 Å². The van der Waals surface area contributed by atoms with Crippen LogP contribution in [0.2, 0.25) is 0 Å². The molecule has 0 atom stereocenters. The predicted molar refractivity (Wildman–Crippen MR) is 101 cm³/mol. The van der Waals surface area contributed by atoms with Crippen molar-refractivity contribution in [2.75, 3.05) is 0 Å². The number of hydrogen-bond acceptors (Lipinski definition) is 0. The number of nitrogens with zero attached hydrogens (tertiary/aromatic N) is 1. The molecule has 0 fully saturated rings. The van der Waals surface area contributed by atoms with Crippen LogP contribution in [0.3, 0.4) is 0 Å². The summed E-state index contributed by atoms with van der Waals surface area (Å²) in [4.78, 5) is 0. The second-order valence-electron chi connectivity index (χ2n) is 5.60. The highest BCUT2D eigenvalue weighted by molar-refractivity contribution is 6.22. The zero-order valence-corrected chi connectivity index (χ0v) is 13.4. The summed E-state index contributed by atoms with van der Waals surface area (Å²) in [5.41, 5.74) is 6.35. The highest BCUT2D eigenvalue weighted by atomic mass is 14.9. The van der Waals surface area contributed by atoms with E-state index < -0.39 is 0 Å². The molecule has 0 N–H and O–H groups in total. The maximum absolute atomic E-state index is 3.76. The number of aryl methyl sites for hydroxylation is 1. The monoisotopic (exact) mass is 285 g/mol. The summed E-state index contributed by atoms with van der Waals surface area (Å²) in [5, 5.41) is 2.64. The van der Waals surface area contributed by atoms with Gasteiger partial charge in [0.15, 0.2) is 0 Å². The number of allylic oxidation sites excluding steroid dienone is 5. The molecule has 1 heterocycles. The van der Waals surface area contributed by atoms with Crippen LogP contribution in [0.4, 0.5) is 0 Å². The molecule has 0 spiro atoms. The highest BCUT2D eigenvalue weighted by Crippen LogP contribution is 2.32. The molecule has 0 aliphatic rings. The van der Waals surface area contributed by atoms with Crippen molar-refractivity contribution in [2.24, 2.45) is 0 Å². The van der Waals surface area contributed by atoms with Gasteiger partial charge in [-0.2, -0.15) is 0 Å². The summed E-state index contributed by atoms with van der Waals surface area (Å²) < 4.78 is 2.28. The third-order valence-electron chi connectivity index (χ3n) is 4.29. The molecule has 3 rings (SSSR count). The van der Waals surface area contributed by atoms with Gasteiger partial charge in [0.2, 0.25) is 7.98 Å². The van der Waals surface area contributed by atoms with Crippen LogP contribution in [0.15, 0.2) is 67.3 Å². The Hall–Kier alpha value is -2.48. The van der Waals surface area contributed by atoms with Crippen molar-refractivity contribution in [3.63, 3.8) is 0 Å². The summed E-state index contributed by atoms with van der Waals surface area (Å²) in [5.74, 6) is 0. The van der Waals surface area contributed by atoms with Crippen molar-refractivity contribution in [3.05, 3.63) is 78.4 Å². The van der Waals surface area contributed by atoms with Crippen molar-refractivity contribution in [3.8, 4) is 0 Å². The summed E-state index contributed by atoms with van der Waals surface area (Å²) in [6.45, 7) is 8.02. The van der Waals surface area contributed by atoms with E-state index in [1.165, 1.54) is 38.5 Å². The van der Waals surface area contributed by atoms with Gasteiger partial charge >= 0.3 is 0 Å². The van der Waals surface area contributed by atoms with Crippen LogP contribution in [0, 0.1) is 6.92 Å². The molecular weight excluding hydrogens is 265 g/mol. The molecule has 0 amide bonds. The number of para-hydroxylation sites is 1. The lowest BCUT2D eigenvalue weighted by atomic mass is 9.97. The first kappa shape index (κ1) is 14.5. The Morgan fingerprint density at radius 2 is 1.91 bits per heavy atom. The van der Waals surface area contributed by atoms with Gasteiger partial charge in [-0.3, -0.25) is 0 Å². The van der Waals surface area contributed by atoms with E-state index in [4.69, 9.17) is 0 Å². The molecular formula is C20H20BN. The van der Waals surface area contributed by atoms with Crippen molar-refractivity contribution in [2.45, 2.75) is 13.8 Å². The van der Waals surface area contributed by atoms with Crippen LogP contribution in [0.5, 0.6) is 0 Å². The van der Waals surface area contributed by atoms with Crippen LogP contribution < -0.4 is 0 Å². The number of hydrogen-bond donors (Lipinski definition) is 0. The second kappa shape index (κ2) is 5.72. The van der Waals surface area contributed by atoms with Crippen LogP contribution in [0.25, 0.3) is 27.4 Å². The summed E-state index contributed by atoms with van der Waals surface area (Å²) >= 11 is 0. The van der Waals surface area contributed by atoms with Gasteiger partial charge in [-0.25, -0.2) is 0 Å². The number of benzene rings is 2. The largest absolute Gasteiger partial charge is 0.393 e. The van der Waals surface area contributed by atoms with E-state index in [1.54, 1.807) is 0 Å². The van der Waals surface area contributed by atoms with Crippen LogP contribution in [-0.4, -0.2) is 12.5 Å². The number of aromatic nitrogens is 1. The van der Waals surface area contributed by atoms with Crippen molar-refractivity contribution in [1.82, 2.24) is 4.48 Å². The molecule has 0 aliphatic carbocycles. The maximum Gasteiger partial charge on any atom is 0.223 e. The molecule has 108 valence electrons. The third kappa shape index (κ3) is 2.21. The normalized spacial score (nSPS) is 12.5. The first-order valence-corrected chi connectivity index (χ1v) is 7.61. The Balaban J connectivity index is 2.33. The zero-order chi connectivity index (χ0) is 15.7. The van der Waals surface area contributed by atoms with Gasteiger partial charge in [0.25, 0.3) is 0 Å². The third-order valence-corrected chi connectivity index (χ3v) is 4.29. The molecule has 0 radical (unpaired) electrons. The average Bonchev–Trinajstić information content (AvgIpc) is 2.81. The smallest absolute Gasteiger partial charge is 0.223 e. The molecule has 2 heteroatoms. The lowest BCUT2D eigenvalue weighted by molar-refractivity contribution is 1.37. The van der Waals surface area contributed by atoms with E-state index in [9.17, 15) is 0 Å². The standard InChI is InChI=1S/C20H20BN/c1-4-6-9-15(5-2)17-13-20-18(12-14(17)3)16-10-7-8-11-19(16)22(20)21/h4-13H,1,21H2,2-3H3/b9-6-,15-5+. The first-order valence-electron chi connectivity index (χ1n) is 7.61. The number of rotatable bonds is 3. The van der Waals surface area contributed by atoms with Gasteiger partial charge in [0, 0.05) is 21.8 Å². The van der Waals surface area contributed by atoms with Gasteiger partial charge < -0.3 is 4.48 Å². The van der Waals surface area contributed by atoms with Gasteiger partial charge in [-0.1, -0.05) is 49.1 Å². The molecule has 1 aromatic heterocycles. The lowest BCUT2D eigenvalue weighted by Gasteiger charge is -2.09. The lowest BCUT2D eigenvalue weighted by Crippen LogP contribution is -1.93. The molecule has 1 nitrogen and oxygen atoms in total. The molecule has 2 aromatic carbocycles. The Kier molecular flexibility index (Phi) is 3.76. The van der Waals surface area contributed by atoms with E-state index in [-0.39, 0.29) is 0 Å². The number of fused-ring (bicyclic) bond motifs is 3. The Bertz CT molecular complexity index is 926. The summed E-state index contributed by atoms with van der Waals surface area (Å²) in [7, 11) is 2.14. The molecule has 0 saturated heterocycles. The predicted octanol–water partition coefficient (Wildman–Crippen LogP) is 4.64. The SMILES string of the molecule is Bn1c2ccccc2c2cc(C)c(C(/C=C\C=C)=C/C)cc21. The minimum Gasteiger partial charge on any atom is -0.393 e. The van der Waals surface area contributed by atoms with Crippen molar-refractivity contribution < 1.29 is 0 Å². The van der Waals surface area contributed by atoms with E-state index in [1.807, 2.05) is 12.2 Å². The quantitative estimate of drug-likeness (QED) is 0.488. The molecule has 3 aromatic rings. The van der Waals surface area contributed by atoms with E-state index >= 15 is 0 Å². The fourth-order valence-electron chi connectivity index (χ4n) is 3.14. The van der Waals surface area contributed by atoms with E-state index in [0.717, 1.165) is 0 Å². The van der Waals surface area contributed by atoms with E-state index in [0.29, 0.717) is 0 Å². The Morgan fingerprint density at radius 1 is 1.14 bits per heavy atom. The topological polar surface area (TPSA) is 4.93 Å². The first-order chi connectivity index (χ1) is 10.7. The van der Waals surface area contributed by atoms with Crippen molar-refractivity contribution >= 4 is 35.4 Å². The van der Waals surface area contributed by atoms with Gasteiger partial charge in [-0.05, 0) is 48.7 Å². The molecule has 0 bridgehead atoms. The minimum atomic E-state index is 1.23. The van der Waals surface area contributed by atoms with Crippen LogP contribution in [-0.2, 0) is 0 Å². The van der Waals surface area contributed by atoms with Gasteiger partial charge in [0.05, 0.1) is 0 Å². The molecule has 0 unspecified atom stereocenters. The minimum absolute atomic E-state index is 1.23. The fourth-order valence-corrected chi connectivity index (χ4v) is 3.14. The average molecular weight is 285 g/mol. The Morgan fingerprint density at radius 3 is 2.64 bits per heavy atom. The molecule has 0 saturated carbocycles. The molecule has 22 heavy (non-hydrogen) atoms. The van der Waals surface area contributed by atoms with Crippen molar-refractivity contribution in [1.29, 1.82) is 0 Å². The van der Waals surface area contributed by atoms with Crippen LogP contribution >= 0.6 is 0 Å². The van der Waals surface area contributed by atoms with Gasteiger partial charge in [0.1, 0.15) is 0 Å². The Labute approximate surface area is 132 Å².